The second kappa shape index (κ2) is 10.2. The minimum absolute atomic E-state index is 0.0272. The van der Waals surface area contributed by atoms with Crippen molar-refractivity contribution < 1.29 is 40.1 Å². The van der Waals surface area contributed by atoms with Crippen LogP contribution in [0.25, 0.3) is 0 Å². The molecule has 0 aliphatic rings. The van der Waals surface area contributed by atoms with E-state index in [0.29, 0.717) is 12.0 Å². The van der Waals surface area contributed by atoms with E-state index in [0.717, 1.165) is 0 Å². The molecule has 1 aromatic heterocycles. The normalized spacial score (nSPS) is 14.2. The number of amides is 2. The molecule has 0 radical (unpaired) electrons. The van der Waals surface area contributed by atoms with Gasteiger partial charge >= 0.3 is 5.97 Å². The number of carboxylic acid groups (broad SMARTS) is 1. The summed E-state index contributed by atoms with van der Waals surface area (Å²) in [5.41, 5.74) is 4.22. The van der Waals surface area contributed by atoms with Gasteiger partial charge in [0.15, 0.2) is 6.04 Å². The first-order valence-electron chi connectivity index (χ1n) is 7.62. The number of H-pyrrole nitrogens is 2. The number of carboxylic acids is 1. The van der Waals surface area contributed by atoms with Gasteiger partial charge in [0.1, 0.15) is 30.3 Å². The molecule has 2 amide bonds. The fraction of sp³-hybridized carbons (Fsp3) is 0.500. The van der Waals surface area contributed by atoms with E-state index >= 15 is 0 Å². The number of carbonyl (C=O) groups excluding carboxylic acids is 3. The van der Waals surface area contributed by atoms with Gasteiger partial charge in [-0.25, -0.2) is 4.98 Å². The first kappa shape index (κ1) is 20.3. The molecule has 1 rings (SSSR count). The zero-order valence-electron chi connectivity index (χ0n) is 13.5. The molecule has 0 aliphatic heterocycles. The van der Waals surface area contributed by atoms with E-state index in [9.17, 15) is 19.2 Å². The Hall–Kier alpha value is -2.79. The Morgan fingerprint density at radius 1 is 1.32 bits per heavy atom. The lowest BCUT2D eigenvalue weighted by atomic mass is 10.1. The van der Waals surface area contributed by atoms with Gasteiger partial charge < -0.3 is 31.4 Å². The first-order valence-corrected chi connectivity index (χ1v) is 7.62. The lowest BCUT2D eigenvalue weighted by molar-refractivity contribution is -0.405. The summed E-state index contributed by atoms with van der Waals surface area (Å²) in [6.45, 7) is -0.567. The summed E-state index contributed by atoms with van der Waals surface area (Å²) < 4.78 is 0. The number of aldehydes is 1. The minimum Gasteiger partial charge on any atom is -0.481 e. The highest BCUT2D eigenvalue weighted by atomic mass is 16.4. The van der Waals surface area contributed by atoms with Gasteiger partial charge in [0.25, 0.3) is 5.91 Å². The fourth-order valence-corrected chi connectivity index (χ4v) is 1.99. The van der Waals surface area contributed by atoms with Crippen molar-refractivity contribution in [2.24, 2.45) is 0 Å². The topological polar surface area (TPSA) is 190 Å². The number of imidazole rings is 1. The highest BCUT2D eigenvalue weighted by Gasteiger charge is 2.28. The van der Waals surface area contributed by atoms with Crippen molar-refractivity contribution in [3.8, 4) is 0 Å². The molecule has 0 aromatic carbocycles. The van der Waals surface area contributed by atoms with E-state index in [2.05, 4.69) is 26.3 Å². The van der Waals surface area contributed by atoms with Gasteiger partial charge in [0.05, 0.1) is 13.0 Å². The third kappa shape index (κ3) is 7.10. The van der Waals surface area contributed by atoms with Gasteiger partial charge in [-0.3, -0.25) is 19.4 Å². The van der Waals surface area contributed by atoms with E-state index in [1.165, 1.54) is 6.33 Å². The molecule has 1 heterocycles. The van der Waals surface area contributed by atoms with E-state index < -0.39 is 42.5 Å². The van der Waals surface area contributed by atoms with Gasteiger partial charge in [-0.05, 0) is 0 Å². The molecule has 3 atom stereocenters. The number of carbonyl (C=O) groups is 4. The molecule has 0 fully saturated rings. The number of nitrogens with one attached hydrogen (secondary N) is 4. The Morgan fingerprint density at radius 2 is 2.04 bits per heavy atom. The lowest BCUT2D eigenvalue weighted by Gasteiger charge is -2.20. The summed E-state index contributed by atoms with van der Waals surface area (Å²) in [7, 11) is 0. The van der Waals surface area contributed by atoms with E-state index in [4.69, 9.17) is 10.2 Å². The summed E-state index contributed by atoms with van der Waals surface area (Å²) in [4.78, 5) is 51.4. The highest BCUT2D eigenvalue weighted by molar-refractivity contribution is 5.90. The van der Waals surface area contributed by atoms with Crippen LogP contribution in [-0.4, -0.2) is 64.0 Å². The maximum atomic E-state index is 12.3. The van der Waals surface area contributed by atoms with E-state index in [1.54, 1.807) is 6.20 Å². The zero-order chi connectivity index (χ0) is 18.8. The second-order valence-corrected chi connectivity index (χ2v) is 5.45. The van der Waals surface area contributed by atoms with E-state index in [-0.39, 0.29) is 19.3 Å². The lowest BCUT2D eigenvalue weighted by Crippen LogP contribution is -2.69. The highest BCUT2D eigenvalue weighted by Crippen LogP contribution is 2.00. The summed E-state index contributed by atoms with van der Waals surface area (Å²) in [6, 6.07) is -2.95. The maximum Gasteiger partial charge on any atom is 0.303 e. The van der Waals surface area contributed by atoms with Crippen molar-refractivity contribution in [3.63, 3.8) is 0 Å². The summed E-state index contributed by atoms with van der Waals surface area (Å²) in [5.74, 6) is -2.28. The number of aliphatic carboxylic acids is 1. The first-order chi connectivity index (χ1) is 11.9. The summed E-state index contributed by atoms with van der Waals surface area (Å²) >= 11 is 0. The van der Waals surface area contributed by atoms with Crippen molar-refractivity contribution in [2.45, 2.75) is 37.4 Å². The third-order valence-electron chi connectivity index (χ3n) is 3.42. The predicted molar refractivity (Wildman–Crippen MR) is 81.6 cm³/mol. The van der Waals surface area contributed by atoms with Gasteiger partial charge in [-0.15, -0.1) is 0 Å². The minimum atomic E-state index is -1.08. The molecule has 9 N–H and O–H groups in total. The predicted octanol–water partition coefficient (Wildman–Crippen LogP) is -3.99. The number of quaternary nitrogens is 1. The average Bonchev–Trinajstić information content (AvgIpc) is 3.09. The SMILES string of the molecule is [NH3+][C@@H](CCC(=O)O)C(=O)N[C@@H](Cc1c[nH+]c[nH]1)C(=O)N[C@H](C=O)CO. The van der Waals surface area contributed by atoms with Crippen molar-refractivity contribution in [1.29, 1.82) is 0 Å². The summed E-state index contributed by atoms with van der Waals surface area (Å²) in [5, 5.41) is 22.5. The Morgan fingerprint density at radius 3 is 2.56 bits per heavy atom. The molecule has 25 heavy (non-hydrogen) atoms. The molecular formula is C14H23N5O6+2. The molecule has 11 nitrogen and oxygen atoms in total. The molecule has 0 spiro atoms. The number of aromatic nitrogens is 2. The Balaban J connectivity index is 2.76. The van der Waals surface area contributed by atoms with Crippen LogP contribution in [0.4, 0.5) is 0 Å². The Bertz CT molecular complexity index is 591. The van der Waals surface area contributed by atoms with Gasteiger partial charge in [-0.2, -0.15) is 0 Å². The fourth-order valence-electron chi connectivity index (χ4n) is 1.99. The molecular weight excluding hydrogens is 334 g/mol. The van der Waals surface area contributed by atoms with Crippen LogP contribution in [0.2, 0.25) is 0 Å². The standard InChI is InChI=1S/C14H21N5O6/c15-10(1-2-12(22)23)13(24)19-11(3-8-4-16-7-17-8)14(25)18-9(5-20)6-21/h4-5,7,9-11,21H,1-3,6,15H2,(H,16,17)(H,18,25)(H,19,24)(H,22,23)/p+2/t9-,10+,11+/m1/s1. The number of hydrogen-bond donors (Lipinski definition) is 6. The quantitative estimate of drug-likeness (QED) is 0.219. The van der Waals surface area contributed by atoms with Crippen LogP contribution in [-0.2, 0) is 25.6 Å². The third-order valence-corrected chi connectivity index (χ3v) is 3.42. The molecule has 0 saturated carbocycles. The Kier molecular flexibility index (Phi) is 8.23. The number of hydrogen-bond acceptors (Lipinski definition) is 5. The van der Waals surface area contributed by atoms with Crippen molar-refractivity contribution in [3.05, 3.63) is 18.2 Å². The van der Waals surface area contributed by atoms with Crippen LogP contribution in [0.3, 0.4) is 0 Å². The van der Waals surface area contributed by atoms with Crippen LogP contribution in [0, 0.1) is 0 Å². The van der Waals surface area contributed by atoms with Gasteiger partial charge in [0.2, 0.25) is 12.2 Å². The summed E-state index contributed by atoms with van der Waals surface area (Å²) in [6.07, 6.45) is 3.42. The number of aromatic amines is 2. The average molecular weight is 357 g/mol. The number of aliphatic hydroxyl groups is 1. The van der Waals surface area contributed by atoms with Crippen LogP contribution < -0.4 is 21.4 Å². The molecule has 1 aromatic rings. The molecule has 0 unspecified atom stereocenters. The van der Waals surface area contributed by atoms with Crippen LogP contribution >= 0.6 is 0 Å². The molecule has 0 bridgehead atoms. The molecule has 0 aliphatic carbocycles. The zero-order valence-corrected chi connectivity index (χ0v) is 13.5. The van der Waals surface area contributed by atoms with Crippen molar-refractivity contribution in [2.75, 3.05) is 6.61 Å². The number of rotatable bonds is 11. The van der Waals surface area contributed by atoms with Gasteiger partial charge in [-0.1, -0.05) is 0 Å². The van der Waals surface area contributed by atoms with Crippen LogP contribution in [0.15, 0.2) is 12.5 Å². The maximum absolute atomic E-state index is 12.3. The number of aliphatic hydroxyl groups excluding tert-OH is 1. The largest absolute Gasteiger partial charge is 0.481 e. The van der Waals surface area contributed by atoms with Crippen molar-refractivity contribution >= 4 is 24.1 Å². The van der Waals surface area contributed by atoms with E-state index in [1.807, 2.05) is 0 Å². The van der Waals surface area contributed by atoms with Gasteiger partial charge in [0, 0.05) is 12.8 Å². The monoisotopic (exact) mass is 357 g/mol. The smallest absolute Gasteiger partial charge is 0.303 e. The van der Waals surface area contributed by atoms with Crippen molar-refractivity contribution in [1.82, 2.24) is 15.6 Å². The molecule has 138 valence electrons. The Labute approximate surface area is 143 Å². The van der Waals surface area contributed by atoms with Crippen LogP contribution in [0.1, 0.15) is 18.5 Å². The van der Waals surface area contributed by atoms with Crippen LogP contribution in [0.5, 0.6) is 0 Å². The molecule has 11 heteroatoms. The molecule has 0 saturated heterocycles. The second-order valence-electron chi connectivity index (χ2n) is 5.45.